The van der Waals surface area contributed by atoms with Gasteiger partial charge in [0.05, 0.1) is 24.9 Å². The van der Waals surface area contributed by atoms with Crippen molar-refractivity contribution < 1.29 is 24.1 Å². The molecule has 2 aliphatic heterocycles. The number of aliphatic hydroxyl groups is 1. The molecule has 1 aromatic rings. The third-order valence-corrected chi connectivity index (χ3v) is 5.52. The second-order valence-electron chi connectivity index (χ2n) is 7.77. The molecule has 1 saturated heterocycles. The first-order chi connectivity index (χ1) is 14.1. The molecule has 2 aliphatic rings. The maximum Gasteiger partial charge on any atom is 0.255 e. The Kier molecular flexibility index (Phi) is 7.97. The van der Waals surface area contributed by atoms with Crippen molar-refractivity contribution in [3.05, 3.63) is 17.7 Å². The fraction of sp³-hybridized carbons (Fsp3) is 0.667. The van der Waals surface area contributed by atoms with Crippen LogP contribution in [-0.4, -0.2) is 75.1 Å². The lowest BCUT2D eigenvalue weighted by atomic mass is 9.93. The number of piperidine rings is 1. The van der Waals surface area contributed by atoms with E-state index in [1.807, 2.05) is 0 Å². The molecular weight excluding hydrogens is 374 g/mol. The van der Waals surface area contributed by atoms with Gasteiger partial charge in [0.15, 0.2) is 11.5 Å². The highest BCUT2D eigenvalue weighted by molar-refractivity contribution is 5.98. The molecule has 0 saturated carbocycles. The Morgan fingerprint density at radius 2 is 2.17 bits per heavy atom. The zero-order valence-electron chi connectivity index (χ0n) is 17.2. The minimum absolute atomic E-state index is 0.0333. The minimum atomic E-state index is -0.455. The number of β-amino-alcohol motifs (C(OH)–C–C–N with tert-alkyl or cyclic N) is 1. The van der Waals surface area contributed by atoms with Crippen molar-refractivity contribution in [1.29, 1.82) is 0 Å². The number of nitrogens with two attached hydrogens (primary N) is 1. The lowest BCUT2D eigenvalue weighted by molar-refractivity contribution is 0.0209. The second-order valence-corrected chi connectivity index (χ2v) is 7.77. The molecule has 1 fully saturated rings. The quantitative estimate of drug-likeness (QED) is 0.440. The van der Waals surface area contributed by atoms with Crippen LogP contribution in [0.25, 0.3) is 0 Å². The molecule has 1 amide bonds. The smallest absolute Gasteiger partial charge is 0.255 e. The summed E-state index contributed by atoms with van der Waals surface area (Å²) in [7, 11) is 1.71. The van der Waals surface area contributed by atoms with Crippen molar-refractivity contribution in [1.82, 2.24) is 10.2 Å². The summed E-state index contributed by atoms with van der Waals surface area (Å²) < 4.78 is 16.5. The van der Waals surface area contributed by atoms with Gasteiger partial charge < -0.3 is 35.3 Å². The summed E-state index contributed by atoms with van der Waals surface area (Å²) in [4.78, 5) is 15.1. The van der Waals surface area contributed by atoms with E-state index in [1.54, 1.807) is 19.2 Å². The fourth-order valence-corrected chi connectivity index (χ4v) is 3.85. The molecule has 1 aromatic carbocycles. The number of amides is 1. The van der Waals surface area contributed by atoms with Crippen LogP contribution in [0, 0.1) is 5.92 Å². The number of methoxy groups -OCH3 is 1. The van der Waals surface area contributed by atoms with E-state index in [2.05, 4.69) is 10.2 Å². The molecule has 2 atom stereocenters. The Bertz CT molecular complexity index is 685. The van der Waals surface area contributed by atoms with E-state index in [-0.39, 0.29) is 11.8 Å². The van der Waals surface area contributed by atoms with Crippen LogP contribution in [0.5, 0.6) is 11.5 Å². The van der Waals surface area contributed by atoms with Crippen molar-refractivity contribution in [2.24, 2.45) is 5.92 Å². The molecule has 8 nitrogen and oxygen atoms in total. The number of nitrogen functional groups attached to an aromatic ring is 1. The molecule has 29 heavy (non-hydrogen) atoms. The zero-order valence-corrected chi connectivity index (χ0v) is 17.2. The van der Waals surface area contributed by atoms with E-state index >= 15 is 0 Å². The number of nitrogens with zero attached hydrogens (tertiary/aromatic N) is 1. The Labute approximate surface area is 172 Å². The number of aliphatic hydroxyl groups excluding tert-OH is 1. The van der Waals surface area contributed by atoms with Crippen LogP contribution in [0.15, 0.2) is 12.1 Å². The van der Waals surface area contributed by atoms with E-state index in [9.17, 15) is 9.90 Å². The number of hydrogen-bond donors (Lipinski definition) is 3. The van der Waals surface area contributed by atoms with Crippen LogP contribution >= 0.6 is 0 Å². The summed E-state index contributed by atoms with van der Waals surface area (Å²) in [5.41, 5.74) is 6.78. The first-order valence-electron chi connectivity index (χ1n) is 10.4. The summed E-state index contributed by atoms with van der Waals surface area (Å²) in [6.45, 7) is 4.75. The van der Waals surface area contributed by atoms with E-state index in [4.69, 9.17) is 19.9 Å². The third kappa shape index (κ3) is 5.98. The summed E-state index contributed by atoms with van der Waals surface area (Å²) >= 11 is 0. The number of anilines is 1. The summed E-state index contributed by atoms with van der Waals surface area (Å²) in [6.07, 6.45) is 3.24. The van der Waals surface area contributed by atoms with Crippen molar-refractivity contribution in [3.8, 4) is 11.5 Å². The number of benzene rings is 1. The van der Waals surface area contributed by atoms with Gasteiger partial charge in [0.1, 0.15) is 0 Å². The first kappa shape index (κ1) is 21.7. The normalized spacial score (nSPS) is 22.1. The zero-order chi connectivity index (χ0) is 20.6. The van der Waals surface area contributed by atoms with Gasteiger partial charge in [-0.1, -0.05) is 0 Å². The maximum absolute atomic E-state index is 12.8. The van der Waals surface area contributed by atoms with Gasteiger partial charge in [-0.25, -0.2) is 0 Å². The second kappa shape index (κ2) is 10.7. The molecule has 162 valence electrons. The molecular formula is C21H33N3O5. The molecule has 0 aromatic heterocycles. The molecule has 0 bridgehead atoms. The Morgan fingerprint density at radius 3 is 2.97 bits per heavy atom. The molecule has 4 N–H and O–H groups in total. The highest BCUT2D eigenvalue weighted by Gasteiger charge is 2.28. The van der Waals surface area contributed by atoms with Crippen molar-refractivity contribution in [2.45, 2.75) is 31.8 Å². The van der Waals surface area contributed by atoms with E-state index < -0.39 is 6.10 Å². The monoisotopic (exact) mass is 407 g/mol. The maximum atomic E-state index is 12.8. The number of nitrogens with one attached hydrogen (secondary N) is 1. The number of fused-ring (bicyclic) bond motifs is 1. The van der Waals surface area contributed by atoms with E-state index in [1.165, 1.54) is 0 Å². The Morgan fingerprint density at radius 1 is 1.34 bits per heavy atom. The first-order valence-corrected chi connectivity index (χ1v) is 10.4. The Balaban J connectivity index is 1.52. The van der Waals surface area contributed by atoms with Crippen LogP contribution in [0.3, 0.4) is 0 Å². The number of unbranched alkanes of at least 4 members (excludes halogenated alkanes) is 1. The highest BCUT2D eigenvalue weighted by Crippen LogP contribution is 2.35. The molecule has 2 heterocycles. The van der Waals surface area contributed by atoms with Crippen LogP contribution in [0.4, 0.5) is 5.69 Å². The van der Waals surface area contributed by atoms with Gasteiger partial charge >= 0.3 is 0 Å². The Hall–Kier alpha value is -2.03. The number of likely N-dealkylation sites (tertiary alicyclic amines) is 1. The van der Waals surface area contributed by atoms with E-state index in [0.29, 0.717) is 49.1 Å². The predicted octanol–water partition coefficient (Wildman–Crippen LogP) is 1.27. The summed E-state index contributed by atoms with van der Waals surface area (Å²) in [5, 5.41) is 13.5. The van der Waals surface area contributed by atoms with Gasteiger partial charge in [-0.15, -0.1) is 0 Å². The van der Waals surface area contributed by atoms with Crippen LogP contribution in [-0.2, 0) is 4.74 Å². The molecule has 0 spiro atoms. The largest absolute Gasteiger partial charge is 0.489 e. The topological polar surface area (TPSA) is 106 Å². The number of carbonyl (C=O) groups is 1. The molecule has 3 rings (SSSR count). The van der Waals surface area contributed by atoms with Gasteiger partial charge in [-0.05, 0) is 38.4 Å². The van der Waals surface area contributed by atoms with Crippen LogP contribution in [0.1, 0.15) is 36.0 Å². The standard InChI is InChI=1S/C21H33N3O5/c1-27-8-3-2-6-24-7-5-15(18(25)14-24)13-23-21(26)17-11-16(22)12-19-20(17)29-10-4-9-28-19/h11-12,15,18,25H,2-10,13-14,22H2,1H3,(H,23,26)/t15-,18+/m0/s1. The number of carbonyl (C=O) groups excluding carboxylic acids is 1. The van der Waals surface area contributed by atoms with Gasteiger partial charge in [-0.3, -0.25) is 4.79 Å². The fourth-order valence-electron chi connectivity index (χ4n) is 3.85. The molecule has 0 unspecified atom stereocenters. The highest BCUT2D eigenvalue weighted by atomic mass is 16.5. The SMILES string of the molecule is COCCCCN1CC[C@@H](CNC(=O)c2cc(N)cc3c2OCCCO3)[C@H](O)C1. The van der Waals surface area contributed by atoms with Crippen molar-refractivity contribution >= 4 is 11.6 Å². The predicted molar refractivity (Wildman–Crippen MR) is 110 cm³/mol. The molecule has 0 radical (unpaired) electrons. The molecule has 8 heteroatoms. The van der Waals surface area contributed by atoms with E-state index in [0.717, 1.165) is 45.4 Å². The summed E-state index contributed by atoms with van der Waals surface area (Å²) in [6, 6.07) is 3.30. The molecule has 0 aliphatic carbocycles. The van der Waals surface area contributed by atoms with Gasteiger partial charge in [0, 0.05) is 50.9 Å². The van der Waals surface area contributed by atoms with Gasteiger partial charge in [0.25, 0.3) is 5.91 Å². The van der Waals surface area contributed by atoms with Gasteiger partial charge in [0.2, 0.25) is 0 Å². The average molecular weight is 408 g/mol. The third-order valence-electron chi connectivity index (χ3n) is 5.52. The van der Waals surface area contributed by atoms with Crippen molar-refractivity contribution in [2.75, 3.05) is 58.8 Å². The average Bonchev–Trinajstić information content (AvgIpc) is 2.95. The minimum Gasteiger partial charge on any atom is -0.489 e. The number of ether oxygens (including phenoxy) is 3. The van der Waals surface area contributed by atoms with Crippen LogP contribution < -0.4 is 20.5 Å². The van der Waals surface area contributed by atoms with Crippen molar-refractivity contribution in [3.63, 3.8) is 0 Å². The summed E-state index contributed by atoms with van der Waals surface area (Å²) in [5.74, 6) is 0.731. The van der Waals surface area contributed by atoms with Gasteiger partial charge in [-0.2, -0.15) is 0 Å². The number of rotatable bonds is 8. The lowest BCUT2D eigenvalue weighted by Gasteiger charge is -2.36. The number of hydrogen-bond acceptors (Lipinski definition) is 7. The lowest BCUT2D eigenvalue weighted by Crippen LogP contribution is -2.47. The van der Waals surface area contributed by atoms with Crippen LogP contribution in [0.2, 0.25) is 0 Å².